The topological polar surface area (TPSA) is 35.9 Å². The van der Waals surface area contributed by atoms with Gasteiger partial charge in [-0.15, -0.1) is 0 Å². The van der Waals surface area contributed by atoms with Crippen LogP contribution in [-0.2, 0) is 0 Å². The van der Waals surface area contributed by atoms with E-state index in [1.807, 2.05) is 18.3 Å². The second-order valence-electron chi connectivity index (χ2n) is 14.8. The maximum Gasteiger partial charge on any atom is 0.143 e. The Hall–Kier alpha value is -7.69. The zero-order valence-corrected chi connectivity index (χ0v) is 30.8. The molecule has 12 rings (SSSR count). The average molecular weight is 728 g/mol. The first-order valence-electron chi connectivity index (χ1n) is 19.4. The molecule has 0 radical (unpaired) electrons. The normalized spacial score (nSPS) is 11.9. The number of nitrogens with zero attached hydrogens (tertiary/aromatic N) is 3. The summed E-state index contributed by atoms with van der Waals surface area (Å²) in [4.78, 5) is 5.09. The number of fused-ring (bicyclic) bond motifs is 9. The highest BCUT2D eigenvalue weighted by Gasteiger charge is 2.17. The molecule has 4 heterocycles. The minimum absolute atomic E-state index is 0.884. The molecule has 12 aromatic rings. The molecule has 266 valence electrons. The summed E-state index contributed by atoms with van der Waals surface area (Å²) in [7, 11) is 0. The fourth-order valence-corrected chi connectivity index (χ4v) is 8.93. The van der Waals surface area contributed by atoms with Crippen molar-refractivity contribution >= 4 is 65.6 Å². The van der Waals surface area contributed by atoms with E-state index < -0.39 is 0 Å². The van der Waals surface area contributed by atoms with Crippen LogP contribution in [0.25, 0.3) is 110 Å². The van der Waals surface area contributed by atoms with Gasteiger partial charge in [0, 0.05) is 55.3 Å². The zero-order valence-electron chi connectivity index (χ0n) is 30.8. The van der Waals surface area contributed by atoms with Gasteiger partial charge in [-0.3, -0.25) is 4.57 Å². The van der Waals surface area contributed by atoms with E-state index in [9.17, 15) is 0 Å². The summed E-state index contributed by atoms with van der Waals surface area (Å²) in [5.74, 6) is 0.884. The summed E-state index contributed by atoms with van der Waals surface area (Å²) in [5, 5.41) is 7.17. The molecule has 0 aliphatic heterocycles. The van der Waals surface area contributed by atoms with Gasteiger partial charge in [-0.1, -0.05) is 127 Å². The zero-order chi connectivity index (χ0) is 37.5. The lowest BCUT2D eigenvalue weighted by molar-refractivity contribution is 0.670. The molecule has 4 heteroatoms. The van der Waals surface area contributed by atoms with E-state index in [1.54, 1.807) is 0 Å². The Morgan fingerprint density at radius 3 is 1.81 bits per heavy atom. The van der Waals surface area contributed by atoms with Gasteiger partial charge in [-0.2, -0.15) is 0 Å². The van der Waals surface area contributed by atoms with Crippen LogP contribution in [0.15, 0.2) is 205 Å². The van der Waals surface area contributed by atoms with Crippen LogP contribution in [0.4, 0.5) is 0 Å². The van der Waals surface area contributed by atoms with Gasteiger partial charge in [0.05, 0.1) is 22.1 Å². The molecule has 0 amide bonds. The Kier molecular flexibility index (Phi) is 6.89. The number of pyridine rings is 1. The highest BCUT2D eigenvalue weighted by Crippen LogP contribution is 2.40. The summed E-state index contributed by atoms with van der Waals surface area (Å²) in [5.41, 5.74) is 14.4. The van der Waals surface area contributed by atoms with Crippen molar-refractivity contribution in [2.45, 2.75) is 0 Å². The number of rotatable bonds is 5. The molecule has 0 saturated carbocycles. The van der Waals surface area contributed by atoms with Gasteiger partial charge < -0.3 is 8.98 Å². The van der Waals surface area contributed by atoms with Crippen LogP contribution in [0.2, 0.25) is 0 Å². The van der Waals surface area contributed by atoms with Crippen molar-refractivity contribution < 1.29 is 4.42 Å². The van der Waals surface area contributed by atoms with Gasteiger partial charge >= 0.3 is 0 Å². The van der Waals surface area contributed by atoms with Gasteiger partial charge in [-0.05, 0) is 89.0 Å². The van der Waals surface area contributed by atoms with Gasteiger partial charge in [0.15, 0.2) is 0 Å². The van der Waals surface area contributed by atoms with E-state index in [2.05, 4.69) is 191 Å². The lowest BCUT2D eigenvalue weighted by Crippen LogP contribution is -1.97. The van der Waals surface area contributed by atoms with Gasteiger partial charge in [0.1, 0.15) is 17.0 Å². The highest BCUT2D eigenvalue weighted by atomic mass is 16.3. The third-order valence-electron chi connectivity index (χ3n) is 11.6. The summed E-state index contributed by atoms with van der Waals surface area (Å²) < 4.78 is 11.0. The van der Waals surface area contributed by atoms with Crippen molar-refractivity contribution in [2.75, 3.05) is 0 Å². The third-order valence-corrected chi connectivity index (χ3v) is 11.6. The van der Waals surface area contributed by atoms with Crippen LogP contribution >= 0.6 is 0 Å². The number of aromatic nitrogens is 3. The Morgan fingerprint density at radius 2 is 0.965 bits per heavy atom. The van der Waals surface area contributed by atoms with Gasteiger partial charge in [0.2, 0.25) is 0 Å². The van der Waals surface area contributed by atoms with E-state index >= 15 is 0 Å². The molecule has 0 unspecified atom stereocenters. The summed E-state index contributed by atoms with van der Waals surface area (Å²) in [6.07, 6.45) is 1.99. The summed E-state index contributed by atoms with van der Waals surface area (Å²) >= 11 is 0. The Morgan fingerprint density at radius 1 is 0.351 bits per heavy atom. The highest BCUT2D eigenvalue weighted by molar-refractivity contribution is 6.13. The van der Waals surface area contributed by atoms with E-state index in [0.29, 0.717) is 0 Å². The molecule has 4 nitrogen and oxygen atoms in total. The van der Waals surface area contributed by atoms with Crippen LogP contribution in [0, 0.1) is 0 Å². The average Bonchev–Trinajstić information content (AvgIpc) is 3.94. The van der Waals surface area contributed by atoms with E-state index in [-0.39, 0.29) is 0 Å². The Labute approximate surface area is 328 Å². The summed E-state index contributed by atoms with van der Waals surface area (Å²) in [6.45, 7) is 0. The van der Waals surface area contributed by atoms with Crippen molar-refractivity contribution in [3.8, 4) is 44.9 Å². The fraction of sp³-hybridized carbons (Fsp3) is 0. The number of furan rings is 1. The predicted octanol–water partition coefficient (Wildman–Crippen LogP) is 14.2. The molecule has 0 fully saturated rings. The maximum atomic E-state index is 6.38. The van der Waals surface area contributed by atoms with Crippen molar-refractivity contribution in [3.63, 3.8) is 0 Å². The molecule has 0 spiro atoms. The van der Waals surface area contributed by atoms with Crippen LogP contribution in [0.1, 0.15) is 0 Å². The number of benzene rings is 8. The second-order valence-corrected chi connectivity index (χ2v) is 14.8. The fourth-order valence-electron chi connectivity index (χ4n) is 8.93. The van der Waals surface area contributed by atoms with Crippen LogP contribution in [0.5, 0.6) is 0 Å². The quantitative estimate of drug-likeness (QED) is 0.177. The first-order chi connectivity index (χ1) is 28.3. The Balaban J connectivity index is 0.938. The first-order valence-corrected chi connectivity index (χ1v) is 19.4. The molecular weight excluding hydrogens is 695 g/mol. The van der Waals surface area contributed by atoms with Crippen LogP contribution in [0.3, 0.4) is 0 Å². The molecule has 0 bridgehead atoms. The number of hydrogen-bond acceptors (Lipinski definition) is 2. The molecule has 0 N–H and O–H groups in total. The minimum Gasteiger partial charge on any atom is -0.455 e. The predicted molar refractivity (Wildman–Crippen MR) is 237 cm³/mol. The minimum atomic E-state index is 0.884. The monoisotopic (exact) mass is 727 g/mol. The molecular formula is C53H33N3O. The molecule has 57 heavy (non-hydrogen) atoms. The van der Waals surface area contributed by atoms with Crippen molar-refractivity contribution in [1.29, 1.82) is 0 Å². The summed E-state index contributed by atoms with van der Waals surface area (Å²) in [6, 6.07) is 69.3. The second kappa shape index (κ2) is 12.4. The smallest absolute Gasteiger partial charge is 0.143 e. The standard InChI is InChI=1S/C53H33N3O/c1-2-14-39(15-3-1)55-47-21-7-4-16-41(47)43-27-24-36(32-50(43)55)35-25-28-49-46(31-35)42-17-5-8-22-48(42)56(49)52-29-26-38(33-54-52)34-12-10-13-37(30-34)40-19-11-20-45-44-18-6-9-23-51(44)57-53(40)45/h1-33H. The van der Waals surface area contributed by atoms with Crippen molar-refractivity contribution in [2.24, 2.45) is 0 Å². The molecule has 0 saturated heterocycles. The molecule has 0 aliphatic carbocycles. The number of para-hydroxylation sites is 5. The largest absolute Gasteiger partial charge is 0.455 e. The molecule has 0 atom stereocenters. The van der Waals surface area contributed by atoms with Gasteiger partial charge in [0.25, 0.3) is 0 Å². The molecule has 8 aromatic carbocycles. The maximum absolute atomic E-state index is 6.38. The molecule has 0 aliphatic rings. The SMILES string of the molecule is c1ccc(-n2c3ccccc3c3ccc(-c4ccc5c(c4)c4ccccc4n5-c4ccc(-c5cccc(-c6cccc7c6oc6ccccc67)c5)cn4)cc32)cc1. The van der Waals surface area contributed by atoms with Crippen LogP contribution < -0.4 is 0 Å². The van der Waals surface area contributed by atoms with E-state index in [4.69, 9.17) is 9.40 Å². The van der Waals surface area contributed by atoms with Crippen molar-refractivity contribution in [1.82, 2.24) is 14.1 Å². The Bertz CT molecular complexity index is 3510. The van der Waals surface area contributed by atoms with Crippen molar-refractivity contribution in [3.05, 3.63) is 200 Å². The van der Waals surface area contributed by atoms with E-state index in [1.165, 1.54) is 43.7 Å². The lowest BCUT2D eigenvalue weighted by atomic mass is 9.98. The number of hydrogen-bond donors (Lipinski definition) is 0. The van der Waals surface area contributed by atoms with Gasteiger partial charge in [-0.25, -0.2) is 4.98 Å². The lowest BCUT2D eigenvalue weighted by Gasteiger charge is -2.10. The van der Waals surface area contributed by atoms with Crippen LogP contribution in [-0.4, -0.2) is 14.1 Å². The third kappa shape index (κ3) is 4.91. The first kappa shape index (κ1) is 31.6. The molecule has 4 aromatic heterocycles. The van der Waals surface area contributed by atoms with E-state index in [0.717, 1.165) is 66.7 Å².